The minimum atomic E-state index is 1.14. The summed E-state index contributed by atoms with van der Waals surface area (Å²) < 4.78 is 3.91. The van der Waals surface area contributed by atoms with Gasteiger partial charge in [0.05, 0.1) is 0 Å². The van der Waals surface area contributed by atoms with Crippen molar-refractivity contribution in [2.75, 3.05) is 13.1 Å². The van der Waals surface area contributed by atoms with Crippen LogP contribution in [0.25, 0.3) is 0 Å². The van der Waals surface area contributed by atoms with Crippen LogP contribution in [0.1, 0.15) is 26.7 Å². The summed E-state index contributed by atoms with van der Waals surface area (Å²) in [6.07, 6.45) is 2.59. The van der Waals surface area contributed by atoms with Gasteiger partial charge in [-0.1, -0.05) is 36.0 Å². The molecule has 0 N–H and O–H groups in total. The highest BCUT2D eigenvalue weighted by Crippen LogP contribution is 1.94. The van der Waals surface area contributed by atoms with Crippen LogP contribution in [0.5, 0.6) is 0 Å². The van der Waals surface area contributed by atoms with Crippen molar-refractivity contribution in [3.05, 3.63) is 14.7 Å². The van der Waals surface area contributed by atoms with Gasteiger partial charge < -0.3 is 0 Å². The van der Waals surface area contributed by atoms with Crippen LogP contribution in [-0.2, 0) is 0 Å². The Bertz CT molecular complexity index is 255. The van der Waals surface area contributed by atoms with Crippen molar-refractivity contribution in [3.8, 4) is 0 Å². The lowest BCUT2D eigenvalue weighted by molar-refractivity contribution is 0.578. The Morgan fingerprint density at radius 1 is 1.25 bits per heavy atom. The molecule has 3 heteroatoms. The van der Waals surface area contributed by atoms with Crippen LogP contribution in [0.2, 0.25) is 0 Å². The fraction of sp³-hybridized carbons (Fsp3) is 0.667. The van der Waals surface area contributed by atoms with Crippen molar-refractivity contribution in [1.29, 1.82) is 0 Å². The highest BCUT2D eigenvalue weighted by molar-refractivity contribution is 7.24. The lowest BCUT2D eigenvalue weighted by atomic mass is 10.3. The Morgan fingerprint density at radius 2 is 1.92 bits per heavy atom. The third kappa shape index (κ3) is 2.72. The molecular weight excluding hydrogens is 186 g/mol. The maximum atomic E-state index is 2.46. The molecule has 0 aromatic carbocycles. The Labute approximate surface area is 82.0 Å². The smallest absolute Gasteiger partial charge is 0.212 e. The predicted molar refractivity (Wildman–Crippen MR) is 57.8 cm³/mol. The van der Waals surface area contributed by atoms with Gasteiger partial charge in [-0.05, 0) is 6.92 Å². The van der Waals surface area contributed by atoms with E-state index in [0.29, 0.717) is 0 Å². The second kappa shape index (κ2) is 5.49. The zero-order valence-electron chi connectivity index (χ0n) is 7.75. The monoisotopic (exact) mass is 202 g/mol. The van der Waals surface area contributed by atoms with Crippen LogP contribution in [0.4, 0.5) is 0 Å². The van der Waals surface area contributed by atoms with E-state index in [1.807, 2.05) is 22.7 Å². The maximum absolute atomic E-state index is 2.46. The molecule has 0 amide bonds. The third-order valence-corrected chi connectivity index (χ3v) is 4.03. The average molecular weight is 202 g/mol. The fourth-order valence-electron chi connectivity index (χ4n) is 1.08. The zero-order chi connectivity index (χ0) is 8.81. The molecule has 0 aliphatic carbocycles. The SMILES string of the molecule is CCCC[N+](CC)=c1sccs1. The van der Waals surface area contributed by atoms with Crippen molar-refractivity contribution in [2.24, 2.45) is 0 Å². The van der Waals surface area contributed by atoms with Gasteiger partial charge in [-0.3, -0.25) is 0 Å². The van der Waals surface area contributed by atoms with Crippen molar-refractivity contribution in [1.82, 2.24) is 4.58 Å². The van der Waals surface area contributed by atoms with E-state index >= 15 is 0 Å². The van der Waals surface area contributed by atoms with Gasteiger partial charge in [-0.25, -0.2) is 4.58 Å². The normalized spacial score (nSPS) is 10.2. The molecule has 0 unspecified atom stereocenters. The van der Waals surface area contributed by atoms with Crippen LogP contribution in [0.15, 0.2) is 10.8 Å². The summed E-state index contributed by atoms with van der Waals surface area (Å²) in [5.74, 6) is 0. The topological polar surface area (TPSA) is 3.01 Å². The van der Waals surface area contributed by atoms with Crippen LogP contribution in [-0.4, -0.2) is 13.1 Å². The number of hydrogen-bond acceptors (Lipinski definition) is 2. The van der Waals surface area contributed by atoms with Gasteiger partial charge in [0.25, 0.3) is 0 Å². The van der Waals surface area contributed by atoms with E-state index in [1.165, 1.54) is 23.4 Å². The summed E-state index contributed by atoms with van der Waals surface area (Å²) in [4.78, 5) is 0. The maximum Gasteiger partial charge on any atom is 0.313 e. The quantitative estimate of drug-likeness (QED) is 0.660. The predicted octanol–water partition coefficient (Wildman–Crippen LogP) is 2.40. The molecule has 0 bridgehead atoms. The summed E-state index contributed by atoms with van der Waals surface area (Å²) in [7, 11) is 0. The van der Waals surface area contributed by atoms with Crippen LogP contribution in [0.3, 0.4) is 0 Å². The fourth-order valence-corrected chi connectivity index (χ4v) is 3.05. The summed E-state index contributed by atoms with van der Waals surface area (Å²) >= 11 is 3.70. The molecule has 1 aromatic heterocycles. The van der Waals surface area contributed by atoms with E-state index < -0.39 is 0 Å². The van der Waals surface area contributed by atoms with E-state index in [9.17, 15) is 0 Å². The lowest BCUT2D eigenvalue weighted by Gasteiger charge is -1.96. The number of hydrogen-bond donors (Lipinski definition) is 0. The molecule has 0 saturated carbocycles. The Hall–Kier alpha value is -0.150. The third-order valence-electron chi connectivity index (χ3n) is 1.81. The first kappa shape index (κ1) is 9.93. The van der Waals surface area contributed by atoms with E-state index in [1.54, 1.807) is 0 Å². The van der Waals surface area contributed by atoms with E-state index in [0.717, 1.165) is 6.54 Å². The minimum Gasteiger partial charge on any atom is -0.212 e. The Morgan fingerprint density at radius 3 is 2.42 bits per heavy atom. The average Bonchev–Trinajstić information content (AvgIpc) is 2.59. The van der Waals surface area contributed by atoms with E-state index in [4.69, 9.17) is 0 Å². The molecular formula is C9H16NS2+. The van der Waals surface area contributed by atoms with Crippen molar-refractivity contribution in [2.45, 2.75) is 26.7 Å². The Kier molecular flexibility index (Phi) is 4.54. The first-order valence-corrected chi connectivity index (χ1v) is 6.24. The lowest BCUT2D eigenvalue weighted by Crippen LogP contribution is -2.26. The van der Waals surface area contributed by atoms with Crippen molar-refractivity contribution >= 4 is 22.7 Å². The molecule has 0 spiro atoms. The second-order valence-electron chi connectivity index (χ2n) is 2.71. The minimum absolute atomic E-state index is 1.14. The molecule has 12 heavy (non-hydrogen) atoms. The summed E-state index contributed by atoms with van der Waals surface area (Å²) in [5, 5.41) is 4.32. The molecule has 1 aromatic rings. The van der Waals surface area contributed by atoms with Crippen LogP contribution >= 0.6 is 22.7 Å². The molecule has 1 heterocycles. The summed E-state index contributed by atoms with van der Waals surface area (Å²) in [6, 6.07) is 0. The molecule has 0 fully saturated rings. The standard InChI is InChI=1S/C9H16NS2/c1-3-5-6-10(4-2)9-11-7-8-12-9/h7-8H,3-6H2,1-2H3/q+1. The first-order chi connectivity index (χ1) is 5.88. The first-order valence-electron chi connectivity index (χ1n) is 4.48. The molecule has 1 rings (SSSR count). The molecule has 0 saturated heterocycles. The highest BCUT2D eigenvalue weighted by atomic mass is 32.2. The number of rotatable bonds is 4. The van der Waals surface area contributed by atoms with E-state index in [-0.39, 0.29) is 0 Å². The largest absolute Gasteiger partial charge is 0.313 e. The molecule has 0 aliphatic heterocycles. The molecule has 68 valence electrons. The summed E-state index contributed by atoms with van der Waals surface area (Å²) in [6.45, 7) is 6.81. The van der Waals surface area contributed by atoms with Crippen LogP contribution < -0.4 is 8.56 Å². The van der Waals surface area contributed by atoms with E-state index in [2.05, 4.69) is 29.2 Å². The van der Waals surface area contributed by atoms with Gasteiger partial charge in [0, 0.05) is 17.2 Å². The molecule has 0 aliphatic rings. The molecule has 0 atom stereocenters. The zero-order valence-corrected chi connectivity index (χ0v) is 9.38. The van der Waals surface area contributed by atoms with Crippen LogP contribution in [0, 0.1) is 0 Å². The molecule has 0 radical (unpaired) electrons. The van der Waals surface area contributed by atoms with Gasteiger partial charge >= 0.3 is 3.98 Å². The number of unbranched alkanes of at least 4 members (excludes halogenated alkanes) is 1. The van der Waals surface area contributed by atoms with Gasteiger partial charge in [-0.2, -0.15) is 0 Å². The number of nitrogens with zero attached hydrogens (tertiary/aromatic N) is 1. The second-order valence-corrected chi connectivity index (χ2v) is 4.75. The van der Waals surface area contributed by atoms with Crippen molar-refractivity contribution < 1.29 is 0 Å². The van der Waals surface area contributed by atoms with Gasteiger partial charge in [0.15, 0.2) is 0 Å². The highest BCUT2D eigenvalue weighted by Gasteiger charge is 2.02. The van der Waals surface area contributed by atoms with Gasteiger partial charge in [-0.15, -0.1) is 0 Å². The van der Waals surface area contributed by atoms with Crippen molar-refractivity contribution in [3.63, 3.8) is 0 Å². The molecule has 1 nitrogen and oxygen atoms in total. The van der Waals surface area contributed by atoms with Gasteiger partial charge in [0.1, 0.15) is 13.1 Å². The Balaban J connectivity index is 2.74. The summed E-state index contributed by atoms with van der Waals surface area (Å²) in [5.41, 5.74) is 0. The van der Waals surface area contributed by atoms with Gasteiger partial charge in [0.2, 0.25) is 0 Å².